The predicted octanol–water partition coefficient (Wildman–Crippen LogP) is 4.17. The molecule has 0 N–H and O–H groups in total. The average Bonchev–Trinajstić information content (AvgIpc) is 3.27. The van der Waals surface area contributed by atoms with Gasteiger partial charge in [0.15, 0.2) is 0 Å². The van der Waals surface area contributed by atoms with Crippen LogP contribution in [0.2, 0.25) is 0 Å². The standard InChI is InChI=1S/C23H20N2O3/c26-22-18-10-6-9-17-20(24-13-4-5-14-24)12-11-19(21(17)18)23(27)25(22)28-15-16-7-2-1-3-8-16/h1-3,6-12H,4-5,13-15H2. The van der Waals surface area contributed by atoms with Crippen molar-refractivity contribution < 1.29 is 14.4 Å². The Morgan fingerprint density at radius 2 is 1.50 bits per heavy atom. The number of rotatable bonds is 4. The van der Waals surface area contributed by atoms with E-state index in [0.29, 0.717) is 11.1 Å². The lowest BCUT2D eigenvalue weighted by Crippen LogP contribution is -2.40. The molecule has 3 aromatic rings. The zero-order valence-electron chi connectivity index (χ0n) is 15.4. The van der Waals surface area contributed by atoms with Gasteiger partial charge in [-0.2, -0.15) is 0 Å². The van der Waals surface area contributed by atoms with Gasteiger partial charge in [0.05, 0.1) is 11.1 Å². The summed E-state index contributed by atoms with van der Waals surface area (Å²) in [6.07, 6.45) is 2.34. The van der Waals surface area contributed by atoms with Gasteiger partial charge in [-0.25, -0.2) is 0 Å². The van der Waals surface area contributed by atoms with Crippen molar-refractivity contribution in [1.82, 2.24) is 5.06 Å². The summed E-state index contributed by atoms with van der Waals surface area (Å²) in [5.74, 6) is -0.810. The fraction of sp³-hybridized carbons (Fsp3) is 0.217. The third-order valence-electron chi connectivity index (χ3n) is 5.50. The number of amides is 2. The topological polar surface area (TPSA) is 49.9 Å². The van der Waals surface area contributed by atoms with Crippen LogP contribution in [0.15, 0.2) is 60.7 Å². The minimum absolute atomic E-state index is 0.162. The number of imide groups is 1. The Morgan fingerprint density at radius 1 is 0.786 bits per heavy atom. The van der Waals surface area contributed by atoms with E-state index >= 15 is 0 Å². The maximum Gasteiger partial charge on any atom is 0.285 e. The van der Waals surface area contributed by atoms with E-state index in [-0.39, 0.29) is 6.61 Å². The van der Waals surface area contributed by atoms with Crippen LogP contribution in [0.5, 0.6) is 0 Å². The van der Waals surface area contributed by atoms with Crippen LogP contribution in [0.1, 0.15) is 39.1 Å². The summed E-state index contributed by atoms with van der Waals surface area (Å²) in [5.41, 5.74) is 3.02. The average molecular weight is 372 g/mol. The van der Waals surface area contributed by atoms with Crippen LogP contribution in [0.4, 0.5) is 5.69 Å². The number of benzene rings is 3. The largest absolute Gasteiger partial charge is 0.371 e. The van der Waals surface area contributed by atoms with Gasteiger partial charge in [0, 0.05) is 29.5 Å². The quantitative estimate of drug-likeness (QED) is 0.645. The van der Waals surface area contributed by atoms with E-state index in [9.17, 15) is 9.59 Å². The fourth-order valence-electron chi connectivity index (χ4n) is 4.12. The third-order valence-corrected chi connectivity index (χ3v) is 5.50. The number of carbonyl (C=O) groups excluding carboxylic acids is 2. The van der Waals surface area contributed by atoms with E-state index in [0.717, 1.165) is 40.2 Å². The summed E-state index contributed by atoms with van der Waals surface area (Å²) >= 11 is 0. The Balaban J connectivity index is 1.54. The first-order valence-electron chi connectivity index (χ1n) is 9.60. The van der Waals surface area contributed by atoms with Crippen LogP contribution >= 0.6 is 0 Å². The Kier molecular flexibility index (Phi) is 4.10. The molecule has 0 atom stereocenters. The second-order valence-corrected chi connectivity index (χ2v) is 7.22. The molecule has 2 aliphatic heterocycles. The van der Waals surface area contributed by atoms with Gasteiger partial charge < -0.3 is 4.90 Å². The van der Waals surface area contributed by atoms with Crippen molar-refractivity contribution >= 4 is 28.3 Å². The molecule has 1 fully saturated rings. The lowest BCUT2D eigenvalue weighted by Gasteiger charge is -2.28. The number of hydrogen-bond donors (Lipinski definition) is 0. The van der Waals surface area contributed by atoms with Crippen LogP contribution < -0.4 is 4.90 Å². The normalized spacial score (nSPS) is 16.3. The Labute approximate surface area is 163 Å². The van der Waals surface area contributed by atoms with E-state index in [1.165, 1.54) is 12.8 Å². The number of carbonyl (C=O) groups is 2. The second-order valence-electron chi connectivity index (χ2n) is 7.22. The maximum atomic E-state index is 13.0. The first-order valence-corrected chi connectivity index (χ1v) is 9.60. The van der Waals surface area contributed by atoms with E-state index < -0.39 is 11.8 Å². The summed E-state index contributed by atoms with van der Waals surface area (Å²) in [5, 5.41) is 2.60. The highest BCUT2D eigenvalue weighted by Crippen LogP contribution is 2.37. The van der Waals surface area contributed by atoms with Gasteiger partial charge in [-0.15, -0.1) is 5.06 Å². The molecule has 2 aliphatic rings. The zero-order chi connectivity index (χ0) is 19.1. The molecule has 5 nitrogen and oxygen atoms in total. The summed E-state index contributed by atoms with van der Waals surface area (Å²) in [4.78, 5) is 34.0. The highest BCUT2D eigenvalue weighted by molar-refractivity contribution is 6.26. The summed E-state index contributed by atoms with van der Waals surface area (Å²) in [6.45, 7) is 2.18. The molecule has 1 saturated heterocycles. The monoisotopic (exact) mass is 372 g/mol. The van der Waals surface area contributed by atoms with Gasteiger partial charge in [-0.05, 0) is 36.6 Å². The first-order chi connectivity index (χ1) is 13.7. The third kappa shape index (κ3) is 2.67. The maximum absolute atomic E-state index is 13.0. The number of hydroxylamine groups is 2. The molecule has 0 aliphatic carbocycles. The molecule has 3 aromatic carbocycles. The van der Waals surface area contributed by atoms with Crippen molar-refractivity contribution in [2.75, 3.05) is 18.0 Å². The van der Waals surface area contributed by atoms with Crippen molar-refractivity contribution in [2.45, 2.75) is 19.4 Å². The SMILES string of the molecule is O=C1c2cccc3c(N4CCCC4)ccc(c23)C(=O)N1OCc1ccccc1. The first kappa shape index (κ1) is 17.0. The minimum Gasteiger partial charge on any atom is -0.371 e. The molecule has 0 unspecified atom stereocenters. The van der Waals surface area contributed by atoms with Crippen LogP contribution in [0.25, 0.3) is 10.8 Å². The highest BCUT2D eigenvalue weighted by Gasteiger charge is 2.35. The van der Waals surface area contributed by atoms with Gasteiger partial charge >= 0.3 is 0 Å². The Morgan fingerprint density at radius 3 is 2.25 bits per heavy atom. The second kappa shape index (κ2) is 6.77. The smallest absolute Gasteiger partial charge is 0.285 e. The van der Waals surface area contributed by atoms with E-state index in [1.54, 1.807) is 6.07 Å². The number of hydrogen-bond acceptors (Lipinski definition) is 4. The van der Waals surface area contributed by atoms with Crippen LogP contribution in [-0.2, 0) is 11.4 Å². The molecule has 0 radical (unpaired) electrons. The van der Waals surface area contributed by atoms with Crippen LogP contribution in [0.3, 0.4) is 0 Å². The van der Waals surface area contributed by atoms with Crippen LogP contribution in [-0.4, -0.2) is 30.0 Å². The molecule has 2 amide bonds. The summed E-state index contributed by atoms with van der Waals surface area (Å²) in [7, 11) is 0. The molecular formula is C23H20N2O3. The predicted molar refractivity (Wildman–Crippen MR) is 107 cm³/mol. The molecule has 28 heavy (non-hydrogen) atoms. The number of anilines is 1. The van der Waals surface area contributed by atoms with Crippen molar-refractivity contribution in [1.29, 1.82) is 0 Å². The molecule has 5 heteroatoms. The molecule has 0 spiro atoms. The van der Waals surface area contributed by atoms with Crippen LogP contribution in [0, 0.1) is 0 Å². The summed E-state index contributed by atoms with van der Waals surface area (Å²) in [6, 6.07) is 19.0. The van der Waals surface area contributed by atoms with Crippen molar-refractivity contribution in [3.05, 3.63) is 77.4 Å². The van der Waals surface area contributed by atoms with Crippen molar-refractivity contribution in [3.63, 3.8) is 0 Å². The molecule has 0 saturated carbocycles. The highest BCUT2D eigenvalue weighted by atomic mass is 16.7. The van der Waals surface area contributed by atoms with E-state index in [1.807, 2.05) is 54.6 Å². The number of nitrogens with zero attached hydrogens (tertiary/aromatic N) is 2. The zero-order valence-corrected chi connectivity index (χ0v) is 15.4. The summed E-state index contributed by atoms with van der Waals surface area (Å²) < 4.78 is 0. The van der Waals surface area contributed by atoms with Crippen molar-refractivity contribution in [3.8, 4) is 0 Å². The van der Waals surface area contributed by atoms with E-state index in [4.69, 9.17) is 4.84 Å². The van der Waals surface area contributed by atoms with Gasteiger partial charge in [0.1, 0.15) is 6.61 Å². The molecule has 140 valence electrons. The Hall–Kier alpha value is -3.18. The minimum atomic E-state index is -0.405. The van der Waals surface area contributed by atoms with Gasteiger partial charge in [-0.3, -0.25) is 14.4 Å². The lowest BCUT2D eigenvalue weighted by molar-refractivity contribution is -0.104. The molecular weight excluding hydrogens is 352 g/mol. The molecule has 0 aromatic heterocycles. The molecule has 2 heterocycles. The van der Waals surface area contributed by atoms with Crippen molar-refractivity contribution in [2.24, 2.45) is 0 Å². The van der Waals surface area contributed by atoms with Gasteiger partial charge in [0.2, 0.25) is 0 Å². The Bertz CT molecular complexity index is 1050. The van der Waals surface area contributed by atoms with Gasteiger partial charge in [-0.1, -0.05) is 42.5 Å². The molecule has 5 rings (SSSR count). The van der Waals surface area contributed by atoms with E-state index in [2.05, 4.69) is 4.90 Å². The van der Waals surface area contributed by atoms with Gasteiger partial charge in [0.25, 0.3) is 11.8 Å². The fourth-order valence-corrected chi connectivity index (χ4v) is 4.12. The lowest BCUT2D eigenvalue weighted by atomic mass is 9.93. The molecule has 0 bridgehead atoms.